The number of aromatic nitrogens is 3. The van der Waals surface area contributed by atoms with Crippen molar-refractivity contribution in [3.8, 4) is 27.4 Å². The SMILES string of the molecule is CCc1nc2cc(-c3ccc(-c4nc5ccccc5s4)cc3)cc3c2n1-c1ccccc1P3(=O)c1ccccc1. The molecule has 0 saturated heterocycles. The second kappa shape index (κ2) is 8.85. The monoisotopic (exact) mass is 553 g/mol. The molecule has 5 aromatic carbocycles. The third kappa shape index (κ3) is 3.35. The third-order valence-corrected chi connectivity index (χ3v) is 12.0. The molecule has 0 bridgehead atoms. The van der Waals surface area contributed by atoms with Crippen LogP contribution in [-0.4, -0.2) is 14.5 Å². The summed E-state index contributed by atoms with van der Waals surface area (Å²) >= 11 is 1.70. The predicted octanol–water partition coefficient (Wildman–Crippen LogP) is 7.48. The van der Waals surface area contributed by atoms with Crippen LogP contribution in [0.15, 0.2) is 115 Å². The van der Waals surface area contributed by atoms with E-state index >= 15 is 4.57 Å². The molecule has 1 atom stereocenters. The molecule has 8 rings (SSSR count). The van der Waals surface area contributed by atoms with Gasteiger partial charge in [-0.3, -0.25) is 4.57 Å². The summed E-state index contributed by atoms with van der Waals surface area (Å²) in [6, 6.07) is 39.1. The zero-order chi connectivity index (χ0) is 26.8. The second-order valence-electron chi connectivity index (χ2n) is 10.1. The standard InChI is InChI=1S/C34H24N3OPS/c1-2-32-35-27-20-24(22-16-18-23(19-17-22)34-36-26-12-6-9-15-31(26)40-34)21-30-33(27)37(32)28-13-7-8-14-29(28)39(30,38)25-10-4-3-5-11-25/h3-21H,2H2,1H3. The lowest BCUT2D eigenvalue weighted by Crippen LogP contribution is -2.33. The molecule has 7 aromatic rings. The van der Waals surface area contributed by atoms with Gasteiger partial charge in [-0.2, -0.15) is 0 Å². The van der Waals surface area contributed by atoms with Gasteiger partial charge in [0.05, 0.1) is 26.9 Å². The Morgan fingerprint density at radius 3 is 2.23 bits per heavy atom. The van der Waals surface area contributed by atoms with E-state index in [0.717, 1.165) is 72.1 Å². The molecular formula is C34H24N3OPS. The molecule has 0 aliphatic carbocycles. The van der Waals surface area contributed by atoms with Crippen molar-refractivity contribution < 1.29 is 4.57 Å². The molecule has 3 heterocycles. The first-order valence-corrected chi connectivity index (χ1v) is 16.0. The fourth-order valence-corrected chi connectivity index (χ4v) is 9.91. The number of rotatable bonds is 4. The zero-order valence-corrected chi connectivity index (χ0v) is 23.5. The minimum atomic E-state index is -3.15. The first-order chi connectivity index (χ1) is 19.6. The summed E-state index contributed by atoms with van der Waals surface area (Å²) in [6.45, 7) is 2.13. The van der Waals surface area contributed by atoms with Crippen LogP contribution in [0.3, 0.4) is 0 Å². The molecule has 1 aliphatic rings. The van der Waals surface area contributed by atoms with Gasteiger partial charge < -0.3 is 4.57 Å². The van der Waals surface area contributed by atoms with E-state index < -0.39 is 7.14 Å². The van der Waals surface area contributed by atoms with Crippen LogP contribution < -0.4 is 15.9 Å². The van der Waals surface area contributed by atoms with Crippen molar-refractivity contribution in [3.05, 3.63) is 121 Å². The van der Waals surface area contributed by atoms with E-state index in [1.54, 1.807) is 11.3 Å². The van der Waals surface area contributed by atoms with Crippen LogP contribution in [-0.2, 0) is 11.0 Å². The third-order valence-electron chi connectivity index (χ3n) is 7.80. The predicted molar refractivity (Wildman–Crippen MR) is 167 cm³/mol. The highest BCUT2D eigenvalue weighted by atomic mass is 32.1. The van der Waals surface area contributed by atoms with E-state index in [1.807, 2.05) is 60.7 Å². The van der Waals surface area contributed by atoms with Crippen molar-refractivity contribution in [2.24, 2.45) is 0 Å². The van der Waals surface area contributed by atoms with Crippen LogP contribution in [0.5, 0.6) is 0 Å². The Balaban J connectivity index is 1.34. The van der Waals surface area contributed by atoms with Gasteiger partial charge in [0, 0.05) is 27.9 Å². The quantitative estimate of drug-likeness (QED) is 0.212. The van der Waals surface area contributed by atoms with Gasteiger partial charge in [0.15, 0.2) is 7.14 Å². The van der Waals surface area contributed by atoms with Gasteiger partial charge in [-0.05, 0) is 47.5 Å². The highest BCUT2D eigenvalue weighted by Gasteiger charge is 2.39. The van der Waals surface area contributed by atoms with Gasteiger partial charge >= 0.3 is 0 Å². The molecule has 0 fully saturated rings. The fourth-order valence-electron chi connectivity index (χ4n) is 5.91. The van der Waals surface area contributed by atoms with Crippen molar-refractivity contribution in [2.75, 3.05) is 0 Å². The smallest absolute Gasteiger partial charge is 0.175 e. The van der Waals surface area contributed by atoms with Crippen LogP contribution in [0.1, 0.15) is 12.7 Å². The largest absolute Gasteiger partial charge is 0.308 e. The summed E-state index contributed by atoms with van der Waals surface area (Å²) in [5, 5.41) is 3.57. The molecule has 0 N–H and O–H groups in total. The van der Waals surface area contributed by atoms with Gasteiger partial charge in [-0.1, -0.05) is 85.8 Å². The number of thiazole rings is 1. The minimum Gasteiger partial charge on any atom is -0.308 e. The number of benzene rings is 5. The second-order valence-corrected chi connectivity index (χ2v) is 13.8. The van der Waals surface area contributed by atoms with Crippen molar-refractivity contribution in [1.29, 1.82) is 0 Å². The van der Waals surface area contributed by atoms with Crippen molar-refractivity contribution in [2.45, 2.75) is 13.3 Å². The van der Waals surface area contributed by atoms with Gasteiger partial charge in [-0.25, -0.2) is 9.97 Å². The van der Waals surface area contributed by atoms with Gasteiger partial charge in [0.1, 0.15) is 10.8 Å². The summed E-state index contributed by atoms with van der Waals surface area (Å²) in [5.74, 6) is 0.978. The molecular weight excluding hydrogens is 529 g/mol. The van der Waals surface area contributed by atoms with Crippen molar-refractivity contribution in [3.63, 3.8) is 0 Å². The first-order valence-electron chi connectivity index (χ1n) is 13.4. The number of imidazole rings is 1. The maximum atomic E-state index is 15.4. The molecule has 40 heavy (non-hydrogen) atoms. The summed E-state index contributed by atoms with van der Waals surface area (Å²) < 4.78 is 18.8. The molecule has 4 nitrogen and oxygen atoms in total. The fraction of sp³-hybridized carbons (Fsp3) is 0.0588. The first kappa shape index (κ1) is 23.6. The van der Waals surface area contributed by atoms with E-state index in [4.69, 9.17) is 9.97 Å². The number of fused-ring (bicyclic) bond motifs is 3. The summed E-state index contributed by atoms with van der Waals surface area (Å²) in [7, 11) is -3.15. The van der Waals surface area contributed by atoms with Crippen LogP contribution >= 0.6 is 18.5 Å². The Morgan fingerprint density at radius 1 is 0.700 bits per heavy atom. The van der Waals surface area contributed by atoms with Gasteiger partial charge in [0.25, 0.3) is 0 Å². The summed E-state index contributed by atoms with van der Waals surface area (Å²) in [4.78, 5) is 9.90. The molecule has 0 saturated carbocycles. The number of aryl methyl sites for hydroxylation is 1. The Labute approximate surface area is 236 Å². The van der Waals surface area contributed by atoms with Crippen LogP contribution in [0.2, 0.25) is 0 Å². The lowest BCUT2D eigenvalue weighted by Gasteiger charge is -2.29. The maximum absolute atomic E-state index is 15.4. The highest BCUT2D eigenvalue weighted by Crippen LogP contribution is 2.50. The number of hydrogen-bond donors (Lipinski definition) is 0. The number of nitrogens with zero attached hydrogens (tertiary/aromatic N) is 3. The Kier molecular flexibility index (Phi) is 5.22. The molecule has 0 spiro atoms. The lowest BCUT2D eigenvalue weighted by atomic mass is 10.0. The van der Waals surface area contributed by atoms with Crippen LogP contribution in [0.4, 0.5) is 0 Å². The lowest BCUT2D eigenvalue weighted by molar-refractivity contribution is 0.592. The Bertz CT molecular complexity index is 2090. The van der Waals surface area contributed by atoms with Crippen LogP contribution in [0, 0.1) is 0 Å². The van der Waals surface area contributed by atoms with Crippen molar-refractivity contribution in [1.82, 2.24) is 14.5 Å². The van der Waals surface area contributed by atoms with E-state index in [-0.39, 0.29) is 0 Å². The van der Waals surface area contributed by atoms with Crippen LogP contribution in [0.25, 0.3) is 48.6 Å². The molecule has 1 unspecified atom stereocenters. The van der Waals surface area contributed by atoms with Gasteiger partial charge in [0.2, 0.25) is 0 Å². The zero-order valence-electron chi connectivity index (χ0n) is 21.8. The Morgan fingerprint density at radius 2 is 1.43 bits per heavy atom. The Hall–Kier alpha value is -4.31. The van der Waals surface area contributed by atoms with E-state index in [2.05, 4.69) is 66.1 Å². The van der Waals surface area contributed by atoms with E-state index in [9.17, 15) is 0 Å². The summed E-state index contributed by atoms with van der Waals surface area (Å²) in [6.07, 6.45) is 0.782. The van der Waals surface area contributed by atoms with E-state index in [1.165, 1.54) is 4.70 Å². The maximum Gasteiger partial charge on any atom is 0.175 e. The summed E-state index contributed by atoms with van der Waals surface area (Å²) in [5.41, 5.74) is 7.00. The molecule has 2 aromatic heterocycles. The van der Waals surface area contributed by atoms with Crippen molar-refractivity contribution >= 4 is 55.6 Å². The molecule has 1 aliphatic heterocycles. The number of hydrogen-bond acceptors (Lipinski definition) is 4. The normalized spacial score (nSPS) is 15.9. The topological polar surface area (TPSA) is 47.8 Å². The molecule has 192 valence electrons. The minimum absolute atomic E-state index is 0.782. The van der Waals surface area contributed by atoms with Gasteiger partial charge in [-0.15, -0.1) is 11.3 Å². The average molecular weight is 554 g/mol. The average Bonchev–Trinajstić information content (AvgIpc) is 3.62. The van der Waals surface area contributed by atoms with E-state index in [0.29, 0.717) is 0 Å². The molecule has 0 radical (unpaired) electrons. The highest BCUT2D eigenvalue weighted by molar-refractivity contribution is 7.86. The number of para-hydroxylation sites is 2. The molecule has 6 heteroatoms. The molecule has 0 amide bonds.